The van der Waals surface area contributed by atoms with Gasteiger partial charge in [0.05, 0.1) is 42.7 Å². The van der Waals surface area contributed by atoms with E-state index in [9.17, 15) is 10.1 Å². The lowest BCUT2D eigenvalue weighted by molar-refractivity contribution is -0.169. The number of hydrogen-bond donors (Lipinski definition) is 1. The first-order valence-electron chi connectivity index (χ1n) is 12.2. The summed E-state index contributed by atoms with van der Waals surface area (Å²) < 4.78 is 43.9. The van der Waals surface area contributed by atoms with Crippen LogP contribution in [0.1, 0.15) is 15.9 Å². The van der Waals surface area contributed by atoms with Gasteiger partial charge < -0.3 is 28.2 Å². The summed E-state index contributed by atoms with van der Waals surface area (Å²) in [5.41, 5.74) is 1.48. The molecular formula is C28H30O11P2S. The van der Waals surface area contributed by atoms with Gasteiger partial charge in [-0.3, -0.25) is 4.79 Å². The van der Waals surface area contributed by atoms with Gasteiger partial charge in [-0.1, -0.05) is 0 Å². The minimum atomic E-state index is -1.93. The van der Waals surface area contributed by atoms with E-state index in [0.717, 1.165) is 10.1 Å². The van der Waals surface area contributed by atoms with Gasteiger partial charge in [-0.2, -0.15) is 4.67 Å². The largest absolute Gasteiger partial charge is 0.497 e. The predicted molar refractivity (Wildman–Crippen MR) is 162 cm³/mol. The van der Waals surface area contributed by atoms with Crippen LogP contribution in [0, 0.1) is 0 Å². The van der Waals surface area contributed by atoms with Crippen molar-refractivity contribution in [2.75, 3.05) is 49.3 Å². The molecule has 0 saturated heterocycles. The van der Waals surface area contributed by atoms with Gasteiger partial charge in [-0.05, 0) is 60.8 Å². The van der Waals surface area contributed by atoms with Crippen LogP contribution < -0.4 is 28.2 Å². The van der Waals surface area contributed by atoms with Gasteiger partial charge in [0.25, 0.3) is 0 Å². The van der Waals surface area contributed by atoms with Gasteiger partial charge in [0.15, 0.2) is 36.6 Å². The smallest absolute Gasteiger partial charge is 0.318 e. The lowest BCUT2D eigenvalue weighted by Gasteiger charge is -2.20. The van der Waals surface area contributed by atoms with Gasteiger partial charge >= 0.3 is 8.06 Å². The van der Waals surface area contributed by atoms with Crippen LogP contribution in [0.15, 0.2) is 48.5 Å². The van der Waals surface area contributed by atoms with Gasteiger partial charge in [-0.15, -0.1) is 11.3 Å². The van der Waals surface area contributed by atoms with Crippen LogP contribution in [-0.2, 0) is 14.2 Å². The molecule has 0 amide bonds. The zero-order valence-corrected chi connectivity index (χ0v) is 26.6. The number of methoxy groups -OCH3 is 5. The molecular weight excluding hydrogens is 606 g/mol. The Morgan fingerprint density at radius 2 is 1.48 bits per heavy atom. The minimum Gasteiger partial charge on any atom is -0.497 e. The number of ether oxygens (including phenoxy) is 5. The maximum Gasteiger partial charge on any atom is 0.318 e. The molecule has 224 valence electrons. The molecule has 0 aliphatic carbocycles. The Morgan fingerprint density at radius 1 is 0.786 bits per heavy atom. The lowest BCUT2D eigenvalue weighted by atomic mass is 9.97. The maximum atomic E-state index is 14.3. The zero-order chi connectivity index (χ0) is 30.4. The van der Waals surface area contributed by atoms with Gasteiger partial charge in [0, 0.05) is 26.1 Å². The highest BCUT2D eigenvalue weighted by molar-refractivity contribution is 8.23. The highest BCUT2D eigenvalue weighted by atomic mass is 32.1. The Bertz CT molecular complexity index is 1530. The lowest BCUT2D eigenvalue weighted by Crippen LogP contribution is -2.05. The van der Waals surface area contributed by atoms with E-state index >= 15 is 0 Å². The topological polar surface area (TPSA) is 120 Å². The minimum absolute atomic E-state index is 0.259. The number of carbonyl (C=O) groups excluding carboxylic acids is 1. The second-order valence-corrected chi connectivity index (χ2v) is 14.0. The Hall–Kier alpha value is -3.21. The van der Waals surface area contributed by atoms with E-state index < -0.39 is 15.9 Å². The molecule has 1 N–H and O–H groups in total. The molecule has 4 rings (SSSR count). The zero-order valence-electron chi connectivity index (χ0n) is 24.0. The van der Waals surface area contributed by atoms with E-state index in [1.54, 1.807) is 44.1 Å². The summed E-state index contributed by atoms with van der Waals surface area (Å²) in [6.07, 6.45) is 0. The molecule has 0 aliphatic rings. The average molecular weight is 637 g/mol. The van der Waals surface area contributed by atoms with Crippen molar-refractivity contribution in [2.45, 2.75) is 0 Å². The molecule has 2 atom stereocenters. The third-order valence-electron chi connectivity index (χ3n) is 6.14. The van der Waals surface area contributed by atoms with Crippen molar-refractivity contribution < 1.29 is 52.5 Å². The van der Waals surface area contributed by atoms with Crippen molar-refractivity contribution in [3.05, 3.63) is 59.7 Å². The number of thiophene rings is 1. The molecule has 11 nitrogen and oxygen atoms in total. The fourth-order valence-electron chi connectivity index (χ4n) is 4.22. The van der Waals surface area contributed by atoms with E-state index in [0.29, 0.717) is 50.3 Å². The van der Waals surface area contributed by atoms with Crippen LogP contribution >= 0.6 is 27.2 Å². The van der Waals surface area contributed by atoms with E-state index in [-0.39, 0.29) is 11.5 Å². The van der Waals surface area contributed by atoms with Crippen LogP contribution in [0.25, 0.3) is 20.5 Å². The molecule has 0 spiro atoms. The first kappa shape index (κ1) is 31.7. The first-order valence-corrected chi connectivity index (χ1v) is 16.6. The molecule has 0 radical (unpaired) electrons. The first-order chi connectivity index (χ1) is 20.3. The molecule has 2 unspecified atom stereocenters. The van der Waals surface area contributed by atoms with Gasteiger partial charge in [0.2, 0.25) is 5.75 Å². The molecule has 3 aromatic carbocycles. The highest BCUT2D eigenvalue weighted by Crippen LogP contribution is 2.68. The van der Waals surface area contributed by atoms with E-state index in [4.69, 9.17) is 37.8 Å². The number of hydrogen-bond acceptors (Lipinski definition) is 12. The van der Waals surface area contributed by atoms with Crippen LogP contribution in [-0.4, -0.2) is 60.4 Å². The van der Waals surface area contributed by atoms with Crippen LogP contribution in [0.2, 0.25) is 0 Å². The van der Waals surface area contributed by atoms with E-state index in [1.807, 2.05) is 18.2 Å². The second-order valence-electron chi connectivity index (χ2n) is 8.39. The molecule has 0 aliphatic heterocycles. The molecule has 0 fully saturated rings. The summed E-state index contributed by atoms with van der Waals surface area (Å²) >= 11 is 1.42. The fraction of sp³-hybridized carbons (Fsp3) is 0.250. The van der Waals surface area contributed by atoms with E-state index in [2.05, 4.69) is 4.67 Å². The second kappa shape index (κ2) is 14.3. The number of ketones is 1. The summed E-state index contributed by atoms with van der Waals surface area (Å²) in [6.45, 7) is 1.69. The van der Waals surface area contributed by atoms with E-state index in [1.165, 1.54) is 46.9 Å². The van der Waals surface area contributed by atoms with Gasteiger partial charge in [-0.25, -0.2) is 14.8 Å². The maximum absolute atomic E-state index is 14.3. The van der Waals surface area contributed by atoms with Crippen LogP contribution in [0.5, 0.6) is 34.5 Å². The quantitative estimate of drug-likeness (QED) is 0.0640. The summed E-state index contributed by atoms with van der Waals surface area (Å²) in [7, 11) is 5.55. The summed E-state index contributed by atoms with van der Waals surface area (Å²) in [4.78, 5) is 19.7. The normalized spacial score (nSPS) is 12.5. The summed E-state index contributed by atoms with van der Waals surface area (Å²) in [5.74, 6) is 2.16. The Morgan fingerprint density at radius 3 is 2.05 bits per heavy atom. The standard InChI is InChI=1S/C28H30O11P2S/c1-31-18-9-10-19-24(15-18)42-28(25(19)26(29)17-13-22(33-3)27(35-5)23(14-17)34-4)16-8-11-20(32-2)21(12-16)37-41(38-30)40(7)39-36-6/h8-15,30H,1-7H3. The van der Waals surface area contributed by atoms with Crippen molar-refractivity contribution in [1.29, 1.82) is 0 Å². The number of benzene rings is 3. The van der Waals surface area contributed by atoms with Crippen molar-refractivity contribution in [2.24, 2.45) is 0 Å². The third kappa shape index (κ3) is 6.40. The predicted octanol–water partition coefficient (Wildman–Crippen LogP) is 7.54. The summed E-state index contributed by atoms with van der Waals surface area (Å²) in [5, 5.41) is 10.2. The van der Waals surface area contributed by atoms with Crippen molar-refractivity contribution in [3.63, 3.8) is 0 Å². The van der Waals surface area contributed by atoms with Crippen molar-refractivity contribution >= 4 is 43.1 Å². The molecule has 42 heavy (non-hydrogen) atoms. The van der Waals surface area contributed by atoms with Crippen LogP contribution in [0.4, 0.5) is 0 Å². The van der Waals surface area contributed by atoms with Gasteiger partial charge in [0.1, 0.15) is 5.75 Å². The highest BCUT2D eigenvalue weighted by Gasteiger charge is 2.28. The SMILES string of the molecule is COOP(C)P(OO)Oc1cc(-c2sc3cc(OC)ccc3c2C(=O)c2cc(OC)c(OC)c(OC)c2)ccc1OC. The molecule has 1 aromatic heterocycles. The fourth-order valence-corrected chi connectivity index (χ4v) is 7.56. The average Bonchev–Trinajstić information content (AvgIpc) is 3.40. The monoisotopic (exact) mass is 636 g/mol. The Kier molecular flexibility index (Phi) is 10.8. The van der Waals surface area contributed by atoms with Crippen molar-refractivity contribution in [1.82, 2.24) is 0 Å². The number of fused-ring (bicyclic) bond motifs is 1. The molecule has 0 saturated carbocycles. The van der Waals surface area contributed by atoms with Crippen LogP contribution in [0.3, 0.4) is 0 Å². The molecule has 4 aromatic rings. The third-order valence-corrected chi connectivity index (χ3v) is 10.7. The number of rotatable bonds is 14. The molecule has 14 heteroatoms. The molecule has 0 bridgehead atoms. The Balaban J connectivity index is 1.91. The van der Waals surface area contributed by atoms with Crippen molar-refractivity contribution in [3.8, 4) is 44.9 Å². The Labute approximate surface area is 249 Å². The molecule has 1 heterocycles. The number of carbonyl (C=O) groups is 1. The summed E-state index contributed by atoms with van der Waals surface area (Å²) in [6, 6.07) is 14.0.